The first-order valence-electron chi connectivity index (χ1n) is 6.17. The molecule has 2 atom stereocenters. The van der Waals surface area contributed by atoms with Gasteiger partial charge in [-0.15, -0.1) is 0 Å². The van der Waals surface area contributed by atoms with Gasteiger partial charge in [0.05, 0.1) is 18.5 Å². The zero-order chi connectivity index (χ0) is 14.4. The van der Waals surface area contributed by atoms with Crippen molar-refractivity contribution in [2.45, 2.75) is 26.4 Å². The zero-order valence-electron chi connectivity index (χ0n) is 11.8. The third-order valence-corrected chi connectivity index (χ3v) is 3.63. The Morgan fingerprint density at radius 1 is 1.63 bits per heavy atom. The van der Waals surface area contributed by atoms with Crippen molar-refractivity contribution in [1.82, 2.24) is 15.1 Å². The van der Waals surface area contributed by atoms with E-state index in [1.165, 1.54) is 6.20 Å². The van der Waals surface area contributed by atoms with Gasteiger partial charge in [-0.2, -0.15) is 5.10 Å². The molecule has 1 N–H and O–H groups in total. The lowest BCUT2D eigenvalue weighted by Gasteiger charge is -2.13. The van der Waals surface area contributed by atoms with E-state index in [2.05, 4.69) is 10.4 Å². The van der Waals surface area contributed by atoms with E-state index in [0.717, 1.165) is 5.69 Å². The monoisotopic (exact) mass is 287 g/mol. The van der Waals surface area contributed by atoms with Crippen LogP contribution < -0.4 is 5.32 Å². The number of carbonyl (C=O) groups excluding carboxylic acids is 1. The van der Waals surface area contributed by atoms with Crippen LogP contribution in [0.25, 0.3) is 0 Å². The molecule has 1 aromatic heterocycles. The molecule has 0 saturated carbocycles. The van der Waals surface area contributed by atoms with Gasteiger partial charge in [-0.05, 0) is 13.8 Å². The SMILES string of the molecule is CCOC(=O)c1cnn(C)c1CNC(C)CS(C)=O. The molecule has 1 rings (SSSR count). The first-order chi connectivity index (χ1) is 8.95. The number of rotatable bonds is 7. The normalized spacial score (nSPS) is 14.1. The number of hydrogen-bond donors (Lipinski definition) is 1. The summed E-state index contributed by atoms with van der Waals surface area (Å²) >= 11 is 0. The summed E-state index contributed by atoms with van der Waals surface area (Å²) in [7, 11) is 0.937. The van der Waals surface area contributed by atoms with E-state index in [1.807, 2.05) is 6.92 Å². The predicted octanol–water partition coefficient (Wildman–Crippen LogP) is 0.453. The van der Waals surface area contributed by atoms with Crippen molar-refractivity contribution in [2.24, 2.45) is 7.05 Å². The van der Waals surface area contributed by atoms with Crippen LogP contribution in [0.3, 0.4) is 0 Å². The van der Waals surface area contributed by atoms with Crippen LogP contribution in [0.5, 0.6) is 0 Å². The summed E-state index contributed by atoms with van der Waals surface area (Å²) in [5, 5.41) is 7.31. The Hall–Kier alpha value is -1.21. The van der Waals surface area contributed by atoms with Crippen molar-refractivity contribution in [3.05, 3.63) is 17.5 Å². The number of aromatic nitrogens is 2. The molecule has 0 aliphatic heterocycles. The average Bonchev–Trinajstić information content (AvgIpc) is 2.67. The van der Waals surface area contributed by atoms with E-state index >= 15 is 0 Å². The number of hydrogen-bond acceptors (Lipinski definition) is 5. The highest BCUT2D eigenvalue weighted by atomic mass is 32.2. The lowest BCUT2D eigenvalue weighted by atomic mass is 10.2. The molecule has 0 aliphatic carbocycles. The molecule has 0 spiro atoms. The average molecular weight is 287 g/mol. The quantitative estimate of drug-likeness (QED) is 0.737. The Morgan fingerprint density at radius 2 is 2.32 bits per heavy atom. The number of ether oxygens (including phenoxy) is 1. The Labute approximate surface area is 116 Å². The van der Waals surface area contributed by atoms with Crippen LogP contribution in [0.4, 0.5) is 0 Å². The minimum Gasteiger partial charge on any atom is -0.462 e. The minimum atomic E-state index is -0.843. The highest BCUT2D eigenvalue weighted by Crippen LogP contribution is 2.09. The molecule has 0 saturated heterocycles. The fourth-order valence-corrected chi connectivity index (χ4v) is 2.56. The molecule has 0 amide bonds. The van der Waals surface area contributed by atoms with E-state index in [0.29, 0.717) is 24.5 Å². The molecule has 7 heteroatoms. The van der Waals surface area contributed by atoms with E-state index < -0.39 is 10.8 Å². The fourth-order valence-electron chi connectivity index (χ4n) is 1.73. The van der Waals surface area contributed by atoms with Crippen LogP contribution in [0.15, 0.2) is 6.20 Å². The lowest BCUT2D eigenvalue weighted by molar-refractivity contribution is 0.0524. The van der Waals surface area contributed by atoms with E-state index in [-0.39, 0.29) is 12.0 Å². The third kappa shape index (κ3) is 4.76. The van der Waals surface area contributed by atoms with Gasteiger partial charge in [0.25, 0.3) is 0 Å². The second-order valence-corrected chi connectivity index (χ2v) is 5.85. The Morgan fingerprint density at radius 3 is 2.89 bits per heavy atom. The standard InChI is InChI=1S/C12H21N3O3S/c1-5-18-12(16)10-6-14-15(3)11(10)7-13-9(2)8-19(4)17/h6,9,13H,5,7-8H2,1-4H3. The first kappa shape index (κ1) is 15.8. The molecular formula is C12H21N3O3S. The number of esters is 1. The molecule has 19 heavy (non-hydrogen) atoms. The van der Waals surface area contributed by atoms with Crippen LogP contribution in [0, 0.1) is 0 Å². The molecule has 108 valence electrons. The van der Waals surface area contributed by atoms with E-state index in [9.17, 15) is 9.00 Å². The minimum absolute atomic E-state index is 0.107. The summed E-state index contributed by atoms with van der Waals surface area (Å²) < 4.78 is 17.8. The van der Waals surface area contributed by atoms with Gasteiger partial charge in [-0.25, -0.2) is 4.79 Å². The van der Waals surface area contributed by atoms with E-state index in [1.54, 1.807) is 24.9 Å². The van der Waals surface area contributed by atoms with Crippen molar-refractivity contribution >= 4 is 16.8 Å². The molecule has 1 aromatic rings. The Balaban J connectivity index is 2.69. The lowest BCUT2D eigenvalue weighted by Crippen LogP contribution is -2.31. The van der Waals surface area contributed by atoms with Gasteiger partial charge in [0.1, 0.15) is 5.56 Å². The van der Waals surface area contributed by atoms with E-state index in [4.69, 9.17) is 4.74 Å². The van der Waals surface area contributed by atoms with Gasteiger partial charge >= 0.3 is 5.97 Å². The summed E-state index contributed by atoms with van der Waals surface area (Å²) in [6.45, 7) is 4.56. The summed E-state index contributed by atoms with van der Waals surface area (Å²) in [4.78, 5) is 11.7. The van der Waals surface area contributed by atoms with Crippen molar-refractivity contribution in [1.29, 1.82) is 0 Å². The number of aryl methyl sites for hydroxylation is 1. The van der Waals surface area contributed by atoms with Crippen LogP contribution in [0.1, 0.15) is 29.9 Å². The van der Waals surface area contributed by atoms with Crippen molar-refractivity contribution in [3.8, 4) is 0 Å². The smallest absolute Gasteiger partial charge is 0.341 e. The van der Waals surface area contributed by atoms with Crippen molar-refractivity contribution in [3.63, 3.8) is 0 Å². The fraction of sp³-hybridized carbons (Fsp3) is 0.667. The van der Waals surface area contributed by atoms with Gasteiger partial charge < -0.3 is 10.1 Å². The maximum Gasteiger partial charge on any atom is 0.341 e. The van der Waals surface area contributed by atoms with Gasteiger partial charge in [0, 0.05) is 42.4 Å². The molecule has 0 bridgehead atoms. The second kappa shape index (κ2) is 7.40. The molecule has 0 aliphatic rings. The van der Waals surface area contributed by atoms with Crippen LogP contribution in [0.2, 0.25) is 0 Å². The molecular weight excluding hydrogens is 266 g/mol. The molecule has 6 nitrogen and oxygen atoms in total. The van der Waals surface area contributed by atoms with Crippen LogP contribution >= 0.6 is 0 Å². The summed E-state index contributed by atoms with van der Waals surface area (Å²) in [5.41, 5.74) is 1.24. The molecule has 0 aromatic carbocycles. The topological polar surface area (TPSA) is 73.2 Å². The van der Waals surface area contributed by atoms with Crippen molar-refractivity contribution < 1.29 is 13.7 Å². The summed E-state index contributed by atoms with van der Waals surface area (Å²) in [6, 6.07) is 0.107. The van der Waals surface area contributed by atoms with Gasteiger partial charge in [0.15, 0.2) is 0 Å². The summed E-state index contributed by atoms with van der Waals surface area (Å²) in [6.07, 6.45) is 3.18. The largest absolute Gasteiger partial charge is 0.462 e. The van der Waals surface area contributed by atoms with Gasteiger partial charge in [0.2, 0.25) is 0 Å². The predicted molar refractivity (Wildman–Crippen MR) is 74.4 cm³/mol. The number of nitrogens with one attached hydrogen (secondary N) is 1. The highest BCUT2D eigenvalue weighted by Gasteiger charge is 2.17. The molecule has 2 unspecified atom stereocenters. The molecule has 0 radical (unpaired) electrons. The Bertz CT molecular complexity index is 459. The van der Waals surface area contributed by atoms with Gasteiger partial charge in [-0.1, -0.05) is 0 Å². The van der Waals surface area contributed by atoms with Crippen molar-refractivity contribution in [2.75, 3.05) is 18.6 Å². The number of carbonyl (C=O) groups is 1. The Kier molecular flexibility index (Phi) is 6.17. The second-order valence-electron chi connectivity index (χ2n) is 4.37. The highest BCUT2D eigenvalue weighted by molar-refractivity contribution is 7.84. The van der Waals surface area contributed by atoms with Crippen LogP contribution in [-0.2, 0) is 29.1 Å². The van der Waals surface area contributed by atoms with Crippen LogP contribution in [-0.4, -0.2) is 44.6 Å². The van der Waals surface area contributed by atoms with Gasteiger partial charge in [-0.3, -0.25) is 8.89 Å². The maximum atomic E-state index is 11.7. The summed E-state index contributed by atoms with van der Waals surface area (Å²) in [5.74, 6) is 0.214. The molecule has 1 heterocycles. The first-order valence-corrected chi connectivity index (χ1v) is 7.89. The molecule has 0 fully saturated rings. The third-order valence-electron chi connectivity index (χ3n) is 2.66. The maximum absolute atomic E-state index is 11.7. The zero-order valence-corrected chi connectivity index (χ0v) is 12.6. The number of nitrogens with zero attached hydrogens (tertiary/aromatic N) is 2.